The molecule has 31 heavy (non-hydrogen) atoms. The van der Waals surface area contributed by atoms with E-state index in [-0.39, 0.29) is 23.3 Å². The fourth-order valence-electron chi connectivity index (χ4n) is 4.05. The van der Waals surface area contributed by atoms with Gasteiger partial charge in [0.15, 0.2) is 0 Å². The van der Waals surface area contributed by atoms with E-state index < -0.39 is 21.8 Å². The van der Waals surface area contributed by atoms with E-state index in [1.807, 2.05) is 0 Å². The molecule has 7 nitrogen and oxygen atoms in total. The quantitative estimate of drug-likeness (QED) is 0.767. The van der Waals surface area contributed by atoms with Crippen molar-refractivity contribution in [3.05, 3.63) is 54.3 Å². The van der Waals surface area contributed by atoms with Gasteiger partial charge in [0, 0.05) is 37.4 Å². The summed E-state index contributed by atoms with van der Waals surface area (Å²) in [5, 5.41) is 2.67. The molecule has 2 saturated heterocycles. The Balaban J connectivity index is 1.45. The van der Waals surface area contributed by atoms with E-state index in [2.05, 4.69) is 5.32 Å². The molecule has 0 aromatic heterocycles. The fourth-order valence-corrected chi connectivity index (χ4v) is 5.58. The summed E-state index contributed by atoms with van der Waals surface area (Å²) in [7, 11) is -3.77. The Morgan fingerprint density at radius 1 is 1.06 bits per heavy atom. The zero-order valence-electron chi connectivity index (χ0n) is 17.0. The van der Waals surface area contributed by atoms with E-state index in [0.717, 1.165) is 6.42 Å². The standard InChI is InChI=1S/C22H24FN3O4S/c23-17-5-1-6-18(14-17)24-22(28)16-4-2-12-25(15-16)31(29,30)20-10-8-19(9-11-20)26-13-3-7-21(26)27/h1,5-6,8-11,14,16H,2-4,7,12-13,15H2,(H,24,28)/t16-/m0/s1. The van der Waals surface area contributed by atoms with Crippen molar-refractivity contribution in [2.75, 3.05) is 29.9 Å². The monoisotopic (exact) mass is 445 g/mol. The topological polar surface area (TPSA) is 86.8 Å². The van der Waals surface area contributed by atoms with Crippen LogP contribution in [0, 0.1) is 11.7 Å². The van der Waals surface area contributed by atoms with Crippen LogP contribution in [0.5, 0.6) is 0 Å². The second-order valence-electron chi connectivity index (χ2n) is 7.84. The molecular formula is C22H24FN3O4S. The summed E-state index contributed by atoms with van der Waals surface area (Å²) >= 11 is 0. The zero-order chi connectivity index (χ0) is 22.0. The van der Waals surface area contributed by atoms with Crippen LogP contribution < -0.4 is 10.2 Å². The largest absolute Gasteiger partial charge is 0.326 e. The van der Waals surface area contributed by atoms with Gasteiger partial charge in [0.05, 0.1) is 10.8 Å². The lowest BCUT2D eigenvalue weighted by atomic mass is 9.99. The predicted octanol–water partition coefficient (Wildman–Crippen LogP) is 2.99. The van der Waals surface area contributed by atoms with Gasteiger partial charge >= 0.3 is 0 Å². The van der Waals surface area contributed by atoms with E-state index >= 15 is 0 Å². The normalized spacial score (nSPS) is 20.1. The van der Waals surface area contributed by atoms with Gasteiger partial charge < -0.3 is 10.2 Å². The smallest absolute Gasteiger partial charge is 0.243 e. The third-order valence-electron chi connectivity index (χ3n) is 5.71. The van der Waals surface area contributed by atoms with Gasteiger partial charge in [-0.15, -0.1) is 0 Å². The van der Waals surface area contributed by atoms with Crippen LogP contribution in [0.4, 0.5) is 15.8 Å². The van der Waals surface area contributed by atoms with Gasteiger partial charge in [-0.1, -0.05) is 6.07 Å². The molecule has 1 N–H and O–H groups in total. The van der Waals surface area contributed by atoms with Crippen LogP contribution in [0.3, 0.4) is 0 Å². The van der Waals surface area contributed by atoms with Crippen LogP contribution in [0.15, 0.2) is 53.4 Å². The van der Waals surface area contributed by atoms with Crippen molar-refractivity contribution >= 4 is 33.2 Å². The fraction of sp³-hybridized carbons (Fsp3) is 0.364. The third kappa shape index (κ3) is 4.62. The van der Waals surface area contributed by atoms with Crippen molar-refractivity contribution in [1.29, 1.82) is 0 Å². The molecule has 2 aromatic carbocycles. The van der Waals surface area contributed by atoms with E-state index in [1.54, 1.807) is 23.1 Å². The molecule has 0 saturated carbocycles. The highest BCUT2D eigenvalue weighted by Gasteiger charge is 2.33. The number of benzene rings is 2. The predicted molar refractivity (Wildman–Crippen MR) is 115 cm³/mol. The summed E-state index contributed by atoms with van der Waals surface area (Å²) in [5.74, 6) is -1.26. The van der Waals surface area contributed by atoms with Crippen LogP contribution in [0.25, 0.3) is 0 Å². The first kappa shape index (κ1) is 21.5. The van der Waals surface area contributed by atoms with E-state index in [4.69, 9.17) is 0 Å². The van der Waals surface area contributed by atoms with Crippen molar-refractivity contribution in [1.82, 2.24) is 4.31 Å². The molecule has 0 radical (unpaired) electrons. The van der Waals surface area contributed by atoms with Crippen LogP contribution in [0.1, 0.15) is 25.7 Å². The number of hydrogen-bond donors (Lipinski definition) is 1. The minimum absolute atomic E-state index is 0.0405. The average Bonchev–Trinajstić information content (AvgIpc) is 3.20. The second kappa shape index (κ2) is 8.76. The molecule has 2 amide bonds. The number of hydrogen-bond acceptors (Lipinski definition) is 4. The maximum Gasteiger partial charge on any atom is 0.243 e. The first-order chi connectivity index (χ1) is 14.8. The molecule has 0 unspecified atom stereocenters. The maximum absolute atomic E-state index is 13.4. The number of carbonyl (C=O) groups is 2. The SMILES string of the molecule is O=C(Nc1cccc(F)c1)[C@H]1CCCN(S(=O)(=O)c2ccc(N3CCCC3=O)cc2)C1. The van der Waals surface area contributed by atoms with Gasteiger partial charge in [-0.05, 0) is 61.7 Å². The molecule has 4 rings (SSSR count). The van der Waals surface area contributed by atoms with Crippen LogP contribution in [0.2, 0.25) is 0 Å². The highest BCUT2D eigenvalue weighted by molar-refractivity contribution is 7.89. The minimum atomic E-state index is -3.77. The summed E-state index contributed by atoms with van der Waals surface area (Å²) in [6.07, 6.45) is 2.42. The maximum atomic E-state index is 13.4. The first-order valence-electron chi connectivity index (χ1n) is 10.3. The number of piperidine rings is 1. The number of nitrogens with one attached hydrogen (secondary N) is 1. The molecule has 0 aliphatic carbocycles. The molecule has 2 aliphatic heterocycles. The highest BCUT2D eigenvalue weighted by Crippen LogP contribution is 2.27. The molecule has 2 fully saturated rings. The van der Waals surface area contributed by atoms with Crippen LogP contribution >= 0.6 is 0 Å². The van der Waals surface area contributed by atoms with Gasteiger partial charge in [0.2, 0.25) is 21.8 Å². The third-order valence-corrected chi connectivity index (χ3v) is 7.59. The van der Waals surface area contributed by atoms with Gasteiger partial charge in [-0.3, -0.25) is 9.59 Å². The summed E-state index contributed by atoms with van der Waals surface area (Å²) in [4.78, 5) is 26.3. The van der Waals surface area contributed by atoms with Gasteiger partial charge in [0.1, 0.15) is 5.82 Å². The molecule has 164 valence electrons. The Hall–Kier alpha value is -2.78. The van der Waals surface area contributed by atoms with Crippen molar-refractivity contribution in [2.45, 2.75) is 30.6 Å². The van der Waals surface area contributed by atoms with E-state index in [9.17, 15) is 22.4 Å². The molecule has 0 bridgehead atoms. The van der Waals surface area contributed by atoms with Gasteiger partial charge in [0.25, 0.3) is 0 Å². The Kier molecular flexibility index (Phi) is 6.06. The number of nitrogens with zero attached hydrogens (tertiary/aromatic N) is 2. The summed E-state index contributed by atoms with van der Waals surface area (Å²) < 4.78 is 40.9. The number of anilines is 2. The Morgan fingerprint density at radius 3 is 2.52 bits per heavy atom. The van der Waals surface area contributed by atoms with Crippen molar-refractivity contribution in [3.8, 4) is 0 Å². The minimum Gasteiger partial charge on any atom is -0.326 e. The van der Waals surface area contributed by atoms with Crippen LogP contribution in [-0.2, 0) is 19.6 Å². The van der Waals surface area contributed by atoms with Crippen molar-refractivity contribution in [3.63, 3.8) is 0 Å². The average molecular weight is 446 g/mol. The lowest BCUT2D eigenvalue weighted by Gasteiger charge is -2.31. The first-order valence-corrected chi connectivity index (χ1v) is 11.8. The number of carbonyl (C=O) groups excluding carboxylic acids is 2. The molecule has 1 atom stereocenters. The summed E-state index contributed by atoms with van der Waals surface area (Å²) in [6.45, 7) is 1.04. The van der Waals surface area contributed by atoms with Gasteiger partial charge in [-0.2, -0.15) is 4.31 Å². The van der Waals surface area contributed by atoms with E-state index in [0.29, 0.717) is 43.7 Å². The Bertz CT molecular complexity index is 1090. The summed E-state index contributed by atoms with van der Waals surface area (Å²) in [6, 6.07) is 11.9. The number of sulfonamides is 1. The number of rotatable bonds is 5. The van der Waals surface area contributed by atoms with E-state index in [1.165, 1.54) is 34.6 Å². The van der Waals surface area contributed by atoms with Crippen molar-refractivity contribution < 1.29 is 22.4 Å². The highest BCUT2D eigenvalue weighted by atomic mass is 32.2. The lowest BCUT2D eigenvalue weighted by Crippen LogP contribution is -2.43. The molecule has 2 aromatic rings. The Morgan fingerprint density at radius 2 is 1.84 bits per heavy atom. The van der Waals surface area contributed by atoms with Gasteiger partial charge in [-0.25, -0.2) is 12.8 Å². The van der Waals surface area contributed by atoms with Crippen molar-refractivity contribution in [2.24, 2.45) is 5.92 Å². The molecule has 2 aliphatic rings. The molecular weight excluding hydrogens is 421 g/mol. The lowest BCUT2D eigenvalue weighted by molar-refractivity contribution is -0.121. The Labute approximate surface area is 180 Å². The molecule has 0 spiro atoms. The molecule has 2 heterocycles. The van der Waals surface area contributed by atoms with Crippen LogP contribution in [-0.4, -0.2) is 44.2 Å². The zero-order valence-corrected chi connectivity index (χ0v) is 17.8. The summed E-state index contributed by atoms with van der Waals surface area (Å²) in [5.41, 5.74) is 1.03. The second-order valence-corrected chi connectivity index (χ2v) is 9.78. The number of amides is 2. The molecule has 9 heteroatoms. The number of halogens is 1.